The second-order valence-corrected chi connectivity index (χ2v) is 1.85. The molecule has 4 nitrogen and oxygen atoms in total. The molecule has 0 aromatic heterocycles. The number of carbonyl (C=O) groups is 1. The summed E-state index contributed by atoms with van der Waals surface area (Å²) in [5, 5.41) is 4.86. The van der Waals surface area contributed by atoms with Crippen LogP contribution in [-0.4, -0.2) is 24.9 Å². The predicted molar refractivity (Wildman–Crippen MR) is 41.8 cm³/mol. The van der Waals surface area contributed by atoms with E-state index in [4.69, 9.17) is 0 Å². The van der Waals surface area contributed by atoms with E-state index >= 15 is 0 Å². The van der Waals surface area contributed by atoms with Crippen LogP contribution in [0.4, 0.5) is 4.79 Å². The first-order valence-electron chi connectivity index (χ1n) is 2.83. The predicted octanol–water partition coefficient (Wildman–Crippen LogP) is 0.237. The zero-order valence-corrected chi connectivity index (χ0v) is 6.75. The average molecular weight is 162 g/mol. The molecule has 2 amide bonds. The van der Waals surface area contributed by atoms with E-state index in [9.17, 15) is 4.79 Å². The SMILES string of the molecule is CCNC(=O)NC(=S)OC. The van der Waals surface area contributed by atoms with Gasteiger partial charge in [0.1, 0.15) is 0 Å². The Labute approximate surface area is 64.9 Å². The Hall–Kier alpha value is -0.840. The molecule has 10 heavy (non-hydrogen) atoms. The van der Waals surface area contributed by atoms with Crippen LogP contribution in [0.3, 0.4) is 0 Å². The summed E-state index contributed by atoms with van der Waals surface area (Å²) in [4.78, 5) is 10.6. The lowest BCUT2D eigenvalue weighted by atomic mass is 10.7. The highest BCUT2D eigenvalue weighted by Gasteiger charge is 1.99. The molecule has 0 aromatic rings. The number of amides is 2. The van der Waals surface area contributed by atoms with Crippen LogP contribution in [0, 0.1) is 0 Å². The molecule has 0 aliphatic heterocycles. The van der Waals surface area contributed by atoms with Crippen LogP contribution in [0.15, 0.2) is 0 Å². The number of urea groups is 1. The van der Waals surface area contributed by atoms with Crippen LogP contribution in [0.2, 0.25) is 0 Å². The van der Waals surface area contributed by atoms with Gasteiger partial charge in [-0.2, -0.15) is 0 Å². The molecule has 0 saturated heterocycles. The quantitative estimate of drug-likeness (QED) is 0.543. The molecule has 0 unspecified atom stereocenters. The molecule has 0 radical (unpaired) electrons. The second kappa shape index (κ2) is 4.99. The van der Waals surface area contributed by atoms with Crippen LogP contribution >= 0.6 is 12.2 Å². The van der Waals surface area contributed by atoms with Crippen molar-refractivity contribution in [3.05, 3.63) is 0 Å². The van der Waals surface area contributed by atoms with Crippen LogP contribution in [0.25, 0.3) is 0 Å². The zero-order valence-electron chi connectivity index (χ0n) is 5.93. The van der Waals surface area contributed by atoms with Crippen molar-refractivity contribution in [3.63, 3.8) is 0 Å². The van der Waals surface area contributed by atoms with Gasteiger partial charge in [0.05, 0.1) is 7.11 Å². The van der Waals surface area contributed by atoms with E-state index in [1.54, 1.807) is 0 Å². The smallest absolute Gasteiger partial charge is 0.322 e. The van der Waals surface area contributed by atoms with Gasteiger partial charge in [-0.25, -0.2) is 4.79 Å². The first-order valence-corrected chi connectivity index (χ1v) is 3.24. The fourth-order valence-electron chi connectivity index (χ4n) is 0.348. The summed E-state index contributed by atoms with van der Waals surface area (Å²) < 4.78 is 4.53. The summed E-state index contributed by atoms with van der Waals surface area (Å²) >= 11 is 4.55. The maximum absolute atomic E-state index is 10.6. The van der Waals surface area contributed by atoms with Crippen LogP contribution in [0.1, 0.15) is 6.92 Å². The van der Waals surface area contributed by atoms with Crippen molar-refractivity contribution in [1.82, 2.24) is 10.6 Å². The van der Waals surface area contributed by atoms with E-state index in [1.807, 2.05) is 6.92 Å². The van der Waals surface area contributed by atoms with Crippen LogP contribution in [-0.2, 0) is 4.74 Å². The molecule has 0 saturated carbocycles. The largest absolute Gasteiger partial charge is 0.474 e. The van der Waals surface area contributed by atoms with Gasteiger partial charge in [0, 0.05) is 6.54 Å². The van der Waals surface area contributed by atoms with Gasteiger partial charge < -0.3 is 10.1 Å². The number of rotatable bonds is 1. The Morgan fingerprint density at radius 2 is 2.30 bits per heavy atom. The Kier molecular flexibility index (Phi) is 4.57. The number of hydrogen-bond acceptors (Lipinski definition) is 3. The van der Waals surface area contributed by atoms with E-state index in [2.05, 4.69) is 27.6 Å². The summed E-state index contributed by atoms with van der Waals surface area (Å²) in [6, 6.07) is -0.339. The third-order valence-corrected chi connectivity index (χ3v) is 1.01. The van der Waals surface area contributed by atoms with Crippen LogP contribution < -0.4 is 10.6 Å². The van der Waals surface area contributed by atoms with Gasteiger partial charge in [-0.15, -0.1) is 0 Å². The molecule has 0 atom stereocenters. The summed E-state index contributed by atoms with van der Waals surface area (Å²) in [7, 11) is 1.40. The van der Waals surface area contributed by atoms with Crippen molar-refractivity contribution in [2.75, 3.05) is 13.7 Å². The molecule has 0 bridgehead atoms. The molecule has 2 N–H and O–H groups in total. The molecule has 0 aromatic carbocycles. The number of thiocarbonyl (C=S) groups is 1. The monoisotopic (exact) mass is 162 g/mol. The Balaban J connectivity index is 3.47. The molecule has 0 spiro atoms. The van der Waals surface area contributed by atoms with Gasteiger partial charge in [-0.05, 0) is 19.1 Å². The van der Waals surface area contributed by atoms with Gasteiger partial charge in [0.15, 0.2) is 0 Å². The summed E-state index contributed by atoms with van der Waals surface area (Å²) in [6.07, 6.45) is 0. The highest BCUT2D eigenvalue weighted by atomic mass is 32.1. The first kappa shape index (κ1) is 9.16. The number of carbonyl (C=O) groups excluding carboxylic acids is 1. The van der Waals surface area contributed by atoms with Gasteiger partial charge in [0.25, 0.3) is 5.17 Å². The minimum atomic E-state index is -0.339. The normalized spacial score (nSPS) is 8.20. The third-order valence-electron chi connectivity index (χ3n) is 0.738. The lowest BCUT2D eigenvalue weighted by Crippen LogP contribution is -2.38. The standard InChI is InChI=1S/C5H10N2O2S/c1-3-6-4(8)7-5(10)9-2/h3H2,1-2H3,(H2,6,7,8,10). The van der Waals surface area contributed by atoms with E-state index in [1.165, 1.54) is 7.11 Å². The Morgan fingerprint density at radius 3 is 2.70 bits per heavy atom. The Bertz CT molecular complexity index is 138. The second-order valence-electron chi connectivity index (χ2n) is 1.48. The molecular formula is C5H10N2O2S. The molecule has 0 heterocycles. The fourth-order valence-corrected chi connectivity index (χ4v) is 0.441. The van der Waals surface area contributed by atoms with Crippen molar-refractivity contribution < 1.29 is 9.53 Å². The van der Waals surface area contributed by atoms with Crippen molar-refractivity contribution in [2.45, 2.75) is 6.92 Å². The van der Waals surface area contributed by atoms with Gasteiger partial charge in [-0.1, -0.05) is 0 Å². The average Bonchev–Trinajstić information content (AvgIpc) is 1.88. The van der Waals surface area contributed by atoms with Crippen molar-refractivity contribution in [3.8, 4) is 0 Å². The number of hydrogen-bond donors (Lipinski definition) is 2. The molecular weight excluding hydrogens is 152 g/mol. The Morgan fingerprint density at radius 1 is 1.70 bits per heavy atom. The number of nitrogens with one attached hydrogen (secondary N) is 2. The highest BCUT2D eigenvalue weighted by Crippen LogP contribution is 1.72. The molecule has 0 aliphatic carbocycles. The van der Waals surface area contributed by atoms with Crippen molar-refractivity contribution in [1.29, 1.82) is 0 Å². The van der Waals surface area contributed by atoms with Gasteiger partial charge in [-0.3, -0.25) is 5.32 Å². The van der Waals surface area contributed by atoms with E-state index in [-0.39, 0.29) is 11.2 Å². The lowest BCUT2D eigenvalue weighted by molar-refractivity contribution is 0.243. The first-order chi connectivity index (χ1) is 4.70. The number of methoxy groups -OCH3 is 1. The van der Waals surface area contributed by atoms with Crippen molar-refractivity contribution >= 4 is 23.4 Å². The maximum Gasteiger partial charge on any atom is 0.322 e. The van der Waals surface area contributed by atoms with E-state index < -0.39 is 0 Å². The highest BCUT2D eigenvalue weighted by molar-refractivity contribution is 7.80. The van der Waals surface area contributed by atoms with E-state index in [0.717, 1.165) is 0 Å². The van der Waals surface area contributed by atoms with Gasteiger partial charge in [0.2, 0.25) is 0 Å². The summed E-state index contributed by atoms with van der Waals surface area (Å²) in [5.74, 6) is 0. The minimum absolute atomic E-state index is 0.0750. The summed E-state index contributed by atoms with van der Waals surface area (Å²) in [5.41, 5.74) is 0. The summed E-state index contributed by atoms with van der Waals surface area (Å²) in [6.45, 7) is 2.38. The minimum Gasteiger partial charge on any atom is -0.474 e. The van der Waals surface area contributed by atoms with Crippen molar-refractivity contribution in [2.24, 2.45) is 0 Å². The van der Waals surface area contributed by atoms with Gasteiger partial charge >= 0.3 is 6.03 Å². The number of ether oxygens (including phenoxy) is 1. The van der Waals surface area contributed by atoms with Crippen LogP contribution in [0.5, 0.6) is 0 Å². The molecule has 0 fully saturated rings. The topological polar surface area (TPSA) is 50.4 Å². The lowest BCUT2D eigenvalue weighted by Gasteiger charge is -2.03. The zero-order chi connectivity index (χ0) is 7.98. The molecule has 0 aliphatic rings. The van der Waals surface area contributed by atoms with E-state index in [0.29, 0.717) is 6.54 Å². The third kappa shape index (κ3) is 4.08. The molecule has 5 heteroatoms. The maximum atomic E-state index is 10.6. The molecule has 0 rings (SSSR count). The fraction of sp³-hybridized carbons (Fsp3) is 0.600. The molecule has 58 valence electrons.